The van der Waals surface area contributed by atoms with Gasteiger partial charge in [0.2, 0.25) is 0 Å². The number of rotatable bonds is 3. The van der Waals surface area contributed by atoms with E-state index in [2.05, 4.69) is 65.8 Å². The fraction of sp³-hybridized carbons (Fsp3) is 0.625. The predicted octanol–water partition coefficient (Wildman–Crippen LogP) is 3.50. The minimum atomic E-state index is -0.271. The summed E-state index contributed by atoms with van der Waals surface area (Å²) in [6.07, 6.45) is 1.16. The number of benzene rings is 1. The zero-order chi connectivity index (χ0) is 14.3. The Bertz CT molecular complexity index is 421. The lowest BCUT2D eigenvalue weighted by Crippen LogP contribution is -2.41. The van der Waals surface area contributed by atoms with Crippen LogP contribution in [-0.2, 0) is 9.31 Å². The summed E-state index contributed by atoms with van der Waals surface area (Å²) in [5.41, 5.74) is 1.94. The summed E-state index contributed by atoms with van der Waals surface area (Å²) >= 11 is 0. The van der Waals surface area contributed by atoms with Crippen LogP contribution in [0.4, 0.5) is 0 Å². The summed E-state index contributed by atoms with van der Waals surface area (Å²) < 4.78 is 12.1. The molecule has 19 heavy (non-hydrogen) atoms. The summed E-state index contributed by atoms with van der Waals surface area (Å²) in [4.78, 5) is 0. The molecule has 0 spiro atoms. The van der Waals surface area contributed by atoms with Crippen molar-refractivity contribution in [2.45, 2.75) is 65.1 Å². The van der Waals surface area contributed by atoms with E-state index in [0.717, 1.165) is 11.9 Å². The molecule has 0 aliphatic carbocycles. The van der Waals surface area contributed by atoms with Crippen molar-refractivity contribution < 1.29 is 9.31 Å². The summed E-state index contributed by atoms with van der Waals surface area (Å²) in [5, 5.41) is 0. The molecule has 0 aromatic heterocycles. The summed E-state index contributed by atoms with van der Waals surface area (Å²) in [6.45, 7) is 12.8. The van der Waals surface area contributed by atoms with Crippen LogP contribution in [0.25, 0.3) is 0 Å². The first kappa shape index (κ1) is 14.6. The van der Waals surface area contributed by atoms with Crippen molar-refractivity contribution in [1.82, 2.24) is 0 Å². The highest BCUT2D eigenvalue weighted by atomic mass is 16.7. The van der Waals surface area contributed by atoms with Crippen LogP contribution in [-0.4, -0.2) is 18.3 Å². The van der Waals surface area contributed by atoms with E-state index >= 15 is 0 Å². The first-order chi connectivity index (χ1) is 8.77. The Hall–Kier alpha value is -0.795. The Morgan fingerprint density at radius 1 is 1.00 bits per heavy atom. The highest BCUT2D eigenvalue weighted by Gasteiger charge is 2.51. The molecule has 1 aliphatic heterocycles. The SMILES string of the molecule is CC[C@H](C)c1ccc(B2OC(C)(C)C(C)(C)O2)cc1. The lowest BCUT2D eigenvalue weighted by atomic mass is 9.78. The largest absolute Gasteiger partial charge is 0.494 e. The molecular formula is C16H25BO2. The molecule has 3 heteroatoms. The van der Waals surface area contributed by atoms with Gasteiger partial charge in [-0.2, -0.15) is 0 Å². The lowest BCUT2D eigenvalue weighted by Gasteiger charge is -2.32. The van der Waals surface area contributed by atoms with Crippen molar-refractivity contribution in [3.8, 4) is 0 Å². The van der Waals surface area contributed by atoms with Crippen LogP contribution in [0.5, 0.6) is 0 Å². The molecule has 1 aromatic carbocycles. The van der Waals surface area contributed by atoms with Crippen LogP contribution in [0.1, 0.15) is 59.4 Å². The van der Waals surface area contributed by atoms with E-state index in [4.69, 9.17) is 9.31 Å². The zero-order valence-corrected chi connectivity index (χ0v) is 13.0. The van der Waals surface area contributed by atoms with Gasteiger partial charge in [0.25, 0.3) is 0 Å². The maximum Gasteiger partial charge on any atom is 0.494 e. The molecule has 1 aromatic rings. The maximum absolute atomic E-state index is 6.05. The van der Waals surface area contributed by atoms with Gasteiger partial charge in [0, 0.05) is 0 Å². The van der Waals surface area contributed by atoms with Gasteiger partial charge in [-0.05, 0) is 51.1 Å². The van der Waals surface area contributed by atoms with Crippen molar-refractivity contribution in [2.75, 3.05) is 0 Å². The van der Waals surface area contributed by atoms with Gasteiger partial charge in [-0.3, -0.25) is 0 Å². The van der Waals surface area contributed by atoms with Crippen molar-refractivity contribution >= 4 is 12.6 Å². The van der Waals surface area contributed by atoms with E-state index in [1.54, 1.807) is 0 Å². The van der Waals surface area contributed by atoms with E-state index in [0.29, 0.717) is 5.92 Å². The lowest BCUT2D eigenvalue weighted by molar-refractivity contribution is 0.00578. The summed E-state index contributed by atoms with van der Waals surface area (Å²) in [5.74, 6) is 0.604. The molecule has 0 amide bonds. The molecule has 1 fully saturated rings. The van der Waals surface area contributed by atoms with E-state index in [1.807, 2.05) is 0 Å². The topological polar surface area (TPSA) is 18.5 Å². The van der Waals surface area contributed by atoms with Crippen molar-refractivity contribution in [1.29, 1.82) is 0 Å². The molecule has 104 valence electrons. The first-order valence-electron chi connectivity index (χ1n) is 7.22. The minimum absolute atomic E-state index is 0.254. The monoisotopic (exact) mass is 260 g/mol. The smallest absolute Gasteiger partial charge is 0.399 e. The summed E-state index contributed by atoms with van der Waals surface area (Å²) in [7, 11) is -0.254. The fourth-order valence-electron chi connectivity index (χ4n) is 2.20. The van der Waals surface area contributed by atoms with E-state index in [-0.39, 0.29) is 18.3 Å². The van der Waals surface area contributed by atoms with E-state index in [1.165, 1.54) is 5.56 Å². The molecule has 1 heterocycles. The van der Waals surface area contributed by atoms with E-state index < -0.39 is 0 Å². The molecule has 1 atom stereocenters. The van der Waals surface area contributed by atoms with Gasteiger partial charge in [-0.25, -0.2) is 0 Å². The number of hydrogen-bond acceptors (Lipinski definition) is 2. The zero-order valence-electron chi connectivity index (χ0n) is 13.0. The third-order valence-corrected chi connectivity index (χ3v) is 4.64. The molecule has 0 radical (unpaired) electrons. The second kappa shape index (κ2) is 4.95. The van der Waals surface area contributed by atoms with Gasteiger partial charge >= 0.3 is 7.12 Å². The van der Waals surface area contributed by atoms with Gasteiger partial charge in [-0.1, -0.05) is 38.1 Å². The second-order valence-corrected chi connectivity index (χ2v) is 6.56. The minimum Gasteiger partial charge on any atom is -0.399 e. The van der Waals surface area contributed by atoms with Crippen LogP contribution in [0, 0.1) is 0 Å². The third kappa shape index (κ3) is 2.73. The Labute approximate surface area is 117 Å². The van der Waals surface area contributed by atoms with Crippen molar-refractivity contribution in [3.63, 3.8) is 0 Å². The Morgan fingerprint density at radius 3 is 1.89 bits per heavy atom. The molecular weight excluding hydrogens is 235 g/mol. The molecule has 2 rings (SSSR count). The molecule has 0 N–H and O–H groups in total. The Morgan fingerprint density at radius 2 is 1.47 bits per heavy atom. The average molecular weight is 260 g/mol. The van der Waals surface area contributed by atoms with Crippen molar-refractivity contribution in [3.05, 3.63) is 29.8 Å². The summed E-state index contributed by atoms with van der Waals surface area (Å²) in [6, 6.07) is 8.64. The van der Waals surface area contributed by atoms with Gasteiger partial charge in [0.15, 0.2) is 0 Å². The highest BCUT2D eigenvalue weighted by molar-refractivity contribution is 6.62. The average Bonchev–Trinajstić information content (AvgIpc) is 2.58. The van der Waals surface area contributed by atoms with Gasteiger partial charge in [0.1, 0.15) is 0 Å². The third-order valence-electron chi connectivity index (χ3n) is 4.64. The molecule has 0 saturated carbocycles. The van der Waals surface area contributed by atoms with E-state index in [9.17, 15) is 0 Å². The number of hydrogen-bond donors (Lipinski definition) is 0. The van der Waals surface area contributed by atoms with Crippen LogP contribution in [0.15, 0.2) is 24.3 Å². The van der Waals surface area contributed by atoms with Crippen LogP contribution in [0.3, 0.4) is 0 Å². The normalized spacial score (nSPS) is 22.5. The second-order valence-electron chi connectivity index (χ2n) is 6.56. The molecule has 1 saturated heterocycles. The maximum atomic E-state index is 6.05. The molecule has 0 bridgehead atoms. The Kier molecular flexibility index (Phi) is 3.81. The fourth-order valence-corrected chi connectivity index (χ4v) is 2.20. The molecule has 2 nitrogen and oxygen atoms in total. The predicted molar refractivity (Wildman–Crippen MR) is 80.9 cm³/mol. The van der Waals surface area contributed by atoms with Crippen LogP contribution in [0.2, 0.25) is 0 Å². The molecule has 0 unspecified atom stereocenters. The van der Waals surface area contributed by atoms with Gasteiger partial charge < -0.3 is 9.31 Å². The van der Waals surface area contributed by atoms with Crippen molar-refractivity contribution in [2.24, 2.45) is 0 Å². The highest BCUT2D eigenvalue weighted by Crippen LogP contribution is 2.36. The molecule has 1 aliphatic rings. The quantitative estimate of drug-likeness (QED) is 0.774. The van der Waals surface area contributed by atoms with Gasteiger partial charge in [-0.15, -0.1) is 0 Å². The van der Waals surface area contributed by atoms with Gasteiger partial charge in [0.05, 0.1) is 11.2 Å². The standard InChI is InChI=1S/C16H25BO2/c1-7-12(2)13-8-10-14(11-9-13)17-18-15(3,4)16(5,6)19-17/h8-12H,7H2,1-6H3/t12-/m0/s1. The first-order valence-corrected chi connectivity index (χ1v) is 7.22. The Balaban J connectivity index is 2.17. The van der Waals surface area contributed by atoms with Crippen LogP contribution >= 0.6 is 0 Å². The van der Waals surface area contributed by atoms with Crippen LogP contribution < -0.4 is 5.46 Å².